The van der Waals surface area contributed by atoms with Gasteiger partial charge in [-0.15, -0.1) is 0 Å². The van der Waals surface area contributed by atoms with Gasteiger partial charge in [-0.25, -0.2) is 0 Å². The van der Waals surface area contributed by atoms with Crippen LogP contribution in [-0.4, -0.2) is 13.7 Å². The first-order chi connectivity index (χ1) is 24.3. The van der Waals surface area contributed by atoms with Crippen LogP contribution in [0.5, 0.6) is 0 Å². The van der Waals surface area contributed by atoms with Crippen molar-refractivity contribution >= 4 is 65.4 Å². The van der Waals surface area contributed by atoms with E-state index in [0.717, 1.165) is 76.8 Å². The largest absolute Gasteiger partial charge is 0.309 e. The minimum atomic E-state index is 0.502. The summed E-state index contributed by atoms with van der Waals surface area (Å²) in [6, 6.07) is 57.0. The molecule has 10 rings (SSSR count). The molecule has 0 N–H and O–H groups in total. The van der Waals surface area contributed by atoms with E-state index in [1.165, 1.54) is 0 Å². The Bertz CT molecular complexity index is 2880. The fourth-order valence-electron chi connectivity index (χ4n) is 7.93. The zero-order chi connectivity index (χ0) is 32.6. The van der Waals surface area contributed by atoms with E-state index in [1.54, 1.807) is 12.1 Å². The van der Waals surface area contributed by atoms with E-state index in [9.17, 15) is 10.5 Å². The van der Waals surface area contributed by atoms with E-state index in [4.69, 9.17) is 0 Å². The molecule has 0 amide bonds. The third-order valence-electron chi connectivity index (χ3n) is 9.88. The summed E-state index contributed by atoms with van der Waals surface area (Å²) >= 11 is 0. The summed E-state index contributed by atoms with van der Waals surface area (Å²) in [4.78, 5) is 0. The molecule has 3 heterocycles. The van der Waals surface area contributed by atoms with Crippen LogP contribution < -0.4 is 0 Å². The first kappa shape index (κ1) is 27.1. The number of aromatic nitrogens is 3. The van der Waals surface area contributed by atoms with Crippen LogP contribution in [0.15, 0.2) is 152 Å². The molecule has 5 heteroatoms. The first-order valence-corrected chi connectivity index (χ1v) is 16.2. The number of nitrogens with zero attached hydrogens (tertiary/aromatic N) is 5. The summed E-state index contributed by atoms with van der Waals surface area (Å²) in [6.07, 6.45) is 0. The van der Waals surface area contributed by atoms with Crippen molar-refractivity contribution in [1.82, 2.24) is 13.7 Å². The van der Waals surface area contributed by atoms with E-state index >= 15 is 0 Å². The molecular formula is C44H25N5. The molecule has 226 valence electrons. The van der Waals surface area contributed by atoms with Crippen molar-refractivity contribution in [2.75, 3.05) is 0 Å². The number of fused-ring (bicyclic) bond motifs is 11. The number of rotatable bonds is 3. The Labute approximate surface area is 280 Å². The van der Waals surface area contributed by atoms with Crippen LogP contribution in [0.2, 0.25) is 0 Å². The van der Waals surface area contributed by atoms with Crippen molar-refractivity contribution < 1.29 is 0 Å². The van der Waals surface area contributed by atoms with Gasteiger partial charge in [-0.2, -0.15) is 10.5 Å². The van der Waals surface area contributed by atoms with Crippen molar-refractivity contribution in [2.24, 2.45) is 0 Å². The summed E-state index contributed by atoms with van der Waals surface area (Å²) in [6.45, 7) is 0. The molecule has 0 atom stereocenters. The fraction of sp³-hybridized carbons (Fsp3) is 0. The molecule has 0 aliphatic heterocycles. The topological polar surface area (TPSA) is 62.4 Å². The molecular weight excluding hydrogens is 599 g/mol. The average molecular weight is 624 g/mol. The maximum atomic E-state index is 10.5. The van der Waals surface area contributed by atoms with Gasteiger partial charge in [0.15, 0.2) is 0 Å². The number of nitriles is 2. The van der Waals surface area contributed by atoms with Gasteiger partial charge in [0, 0.05) is 43.7 Å². The number of benzene rings is 7. The van der Waals surface area contributed by atoms with Gasteiger partial charge >= 0.3 is 0 Å². The maximum Gasteiger partial charge on any atom is 0.101 e. The highest BCUT2D eigenvalue weighted by molar-refractivity contribution is 6.31. The highest BCUT2D eigenvalue weighted by Crippen LogP contribution is 2.46. The molecule has 0 fully saturated rings. The van der Waals surface area contributed by atoms with E-state index in [0.29, 0.717) is 16.8 Å². The number of hydrogen-bond acceptors (Lipinski definition) is 2. The van der Waals surface area contributed by atoms with Crippen LogP contribution in [0, 0.1) is 22.7 Å². The highest BCUT2D eigenvalue weighted by Gasteiger charge is 2.25. The van der Waals surface area contributed by atoms with E-state index in [1.807, 2.05) is 18.2 Å². The van der Waals surface area contributed by atoms with Crippen LogP contribution >= 0.6 is 0 Å². The smallest absolute Gasteiger partial charge is 0.101 e. The molecule has 10 aromatic rings. The van der Waals surface area contributed by atoms with Crippen LogP contribution in [-0.2, 0) is 0 Å². The van der Waals surface area contributed by atoms with Crippen molar-refractivity contribution in [2.45, 2.75) is 0 Å². The van der Waals surface area contributed by atoms with Gasteiger partial charge in [0.1, 0.15) is 6.07 Å². The first-order valence-electron chi connectivity index (χ1n) is 16.2. The Morgan fingerprint density at radius 1 is 0.388 bits per heavy atom. The van der Waals surface area contributed by atoms with Crippen molar-refractivity contribution in [3.05, 3.63) is 163 Å². The van der Waals surface area contributed by atoms with Gasteiger partial charge in [0.2, 0.25) is 0 Å². The van der Waals surface area contributed by atoms with E-state index in [-0.39, 0.29) is 0 Å². The van der Waals surface area contributed by atoms with E-state index in [2.05, 4.69) is 147 Å². The lowest BCUT2D eigenvalue weighted by molar-refractivity contribution is 1.16. The second-order valence-corrected chi connectivity index (χ2v) is 12.4. The molecule has 0 bridgehead atoms. The molecule has 0 saturated heterocycles. The van der Waals surface area contributed by atoms with Gasteiger partial charge in [-0.1, -0.05) is 84.9 Å². The molecule has 0 radical (unpaired) electrons. The standard InChI is InChI=1S/C44H25N5/c45-26-28-19-20-29(27-46)40(25-28)49-43-32(21-23-38-41(43)34-15-7-9-17-36(34)47(38)30-11-3-1-4-12-30)33-22-24-39-42(44(33)49)35-16-8-10-18-37(35)48(39)31-13-5-2-6-14-31/h1-25H. The van der Waals surface area contributed by atoms with Crippen LogP contribution in [0.4, 0.5) is 0 Å². The Kier molecular flexibility index (Phi) is 5.64. The second kappa shape index (κ2) is 10.2. The van der Waals surface area contributed by atoms with Crippen molar-refractivity contribution in [3.8, 4) is 29.2 Å². The predicted octanol–water partition coefficient (Wildman–Crippen LogP) is 10.7. The molecule has 0 aliphatic rings. The third kappa shape index (κ3) is 3.67. The monoisotopic (exact) mass is 623 g/mol. The molecule has 49 heavy (non-hydrogen) atoms. The molecule has 0 saturated carbocycles. The summed E-state index contributed by atoms with van der Waals surface area (Å²) in [5, 5.41) is 27.2. The Balaban J connectivity index is 1.51. The minimum absolute atomic E-state index is 0.502. The Morgan fingerprint density at radius 2 is 0.878 bits per heavy atom. The van der Waals surface area contributed by atoms with Gasteiger partial charge in [-0.05, 0) is 66.7 Å². The number of para-hydroxylation sites is 4. The zero-order valence-electron chi connectivity index (χ0n) is 26.2. The Hall–Kier alpha value is -7.08. The molecule has 5 nitrogen and oxygen atoms in total. The van der Waals surface area contributed by atoms with Gasteiger partial charge in [-0.3, -0.25) is 0 Å². The quantitative estimate of drug-likeness (QED) is 0.197. The molecule has 7 aromatic carbocycles. The predicted molar refractivity (Wildman–Crippen MR) is 199 cm³/mol. The van der Waals surface area contributed by atoms with Crippen LogP contribution in [0.1, 0.15) is 11.1 Å². The van der Waals surface area contributed by atoms with Crippen molar-refractivity contribution in [3.63, 3.8) is 0 Å². The van der Waals surface area contributed by atoms with Gasteiger partial charge < -0.3 is 13.7 Å². The van der Waals surface area contributed by atoms with Crippen LogP contribution in [0.3, 0.4) is 0 Å². The van der Waals surface area contributed by atoms with Gasteiger partial charge in [0.25, 0.3) is 0 Å². The Morgan fingerprint density at radius 3 is 1.37 bits per heavy atom. The summed E-state index contributed by atoms with van der Waals surface area (Å²) < 4.78 is 6.90. The lowest BCUT2D eigenvalue weighted by atomic mass is 10.1. The maximum absolute atomic E-state index is 10.5. The molecule has 3 aromatic heterocycles. The summed E-state index contributed by atoms with van der Waals surface area (Å²) in [7, 11) is 0. The number of hydrogen-bond donors (Lipinski definition) is 0. The lowest BCUT2D eigenvalue weighted by Crippen LogP contribution is -2.00. The fourth-order valence-corrected chi connectivity index (χ4v) is 7.93. The second-order valence-electron chi connectivity index (χ2n) is 12.4. The van der Waals surface area contributed by atoms with Gasteiger partial charge in [0.05, 0.1) is 56.0 Å². The van der Waals surface area contributed by atoms with Crippen molar-refractivity contribution in [1.29, 1.82) is 10.5 Å². The minimum Gasteiger partial charge on any atom is -0.309 e. The lowest BCUT2D eigenvalue weighted by Gasteiger charge is -2.13. The SMILES string of the molecule is N#Cc1ccc(C#N)c(-n2c3c(ccc4c3c3ccccc3n4-c3ccccc3)c3ccc4c(c5ccccc5n4-c4ccccc4)c32)c1. The highest BCUT2D eigenvalue weighted by atomic mass is 15.0. The van der Waals surface area contributed by atoms with Crippen LogP contribution in [0.25, 0.3) is 82.5 Å². The summed E-state index contributed by atoms with van der Waals surface area (Å²) in [5.41, 5.74) is 10.2. The summed E-state index contributed by atoms with van der Waals surface area (Å²) in [5.74, 6) is 0. The normalized spacial score (nSPS) is 11.6. The average Bonchev–Trinajstić information content (AvgIpc) is 3.80. The molecule has 0 spiro atoms. The third-order valence-corrected chi connectivity index (χ3v) is 9.88. The molecule has 0 aliphatic carbocycles. The zero-order valence-corrected chi connectivity index (χ0v) is 26.2. The molecule has 0 unspecified atom stereocenters. The van der Waals surface area contributed by atoms with E-state index < -0.39 is 0 Å².